The minimum atomic E-state index is -0.658. The summed E-state index contributed by atoms with van der Waals surface area (Å²) < 4.78 is 14.0. The number of hydrogen-bond acceptors (Lipinski definition) is 2. The Bertz CT molecular complexity index is 515. The van der Waals surface area contributed by atoms with E-state index in [1.54, 1.807) is 23.9 Å². The molecule has 0 aliphatic rings. The Hall–Kier alpha value is -0.840. The van der Waals surface area contributed by atoms with Crippen LogP contribution < -0.4 is 0 Å². The van der Waals surface area contributed by atoms with Gasteiger partial charge in [-0.15, -0.1) is 11.8 Å². The van der Waals surface area contributed by atoms with Gasteiger partial charge in [0.05, 0.1) is 6.10 Å². The lowest BCUT2D eigenvalue weighted by molar-refractivity contribution is 0.203. The minimum Gasteiger partial charge on any atom is -0.388 e. The van der Waals surface area contributed by atoms with Crippen LogP contribution >= 0.6 is 27.7 Å². The molecule has 0 spiro atoms. The number of benzene rings is 2. The van der Waals surface area contributed by atoms with Gasteiger partial charge in [-0.25, -0.2) is 4.39 Å². The summed E-state index contributed by atoms with van der Waals surface area (Å²) in [6.45, 7) is 0. The fourth-order valence-corrected chi connectivity index (χ4v) is 2.65. The van der Waals surface area contributed by atoms with E-state index in [9.17, 15) is 9.50 Å². The third kappa shape index (κ3) is 3.83. The van der Waals surface area contributed by atoms with E-state index in [1.807, 2.05) is 24.3 Å². The molecule has 0 aliphatic carbocycles. The monoisotopic (exact) mass is 326 g/mol. The number of aliphatic hydroxyl groups is 1. The van der Waals surface area contributed by atoms with Crippen LogP contribution in [0.5, 0.6) is 0 Å². The summed E-state index contributed by atoms with van der Waals surface area (Å²) in [5, 5.41) is 9.96. The highest BCUT2D eigenvalue weighted by Gasteiger charge is 2.08. The van der Waals surface area contributed by atoms with Gasteiger partial charge in [0, 0.05) is 15.1 Å². The van der Waals surface area contributed by atoms with Crippen LogP contribution in [-0.4, -0.2) is 10.9 Å². The van der Waals surface area contributed by atoms with Gasteiger partial charge in [-0.1, -0.05) is 28.1 Å². The molecule has 1 N–H and O–H groups in total. The van der Waals surface area contributed by atoms with Crippen LogP contribution in [0.25, 0.3) is 0 Å². The smallest absolute Gasteiger partial charge is 0.123 e. The molecule has 0 saturated carbocycles. The average molecular weight is 327 g/mol. The first-order valence-electron chi connectivity index (χ1n) is 5.47. The average Bonchev–Trinajstić information content (AvgIpc) is 2.38. The summed E-state index contributed by atoms with van der Waals surface area (Å²) in [5.41, 5.74) is 0.611. The first-order valence-corrected chi connectivity index (χ1v) is 7.25. The second-order valence-corrected chi connectivity index (χ2v) is 5.84. The van der Waals surface area contributed by atoms with Crippen molar-refractivity contribution in [1.82, 2.24) is 0 Å². The van der Waals surface area contributed by atoms with E-state index >= 15 is 0 Å². The molecule has 2 aromatic rings. The van der Waals surface area contributed by atoms with Gasteiger partial charge in [-0.3, -0.25) is 0 Å². The summed E-state index contributed by atoms with van der Waals surface area (Å²) in [4.78, 5) is 1.08. The van der Waals surface area contributed by atoms with Crippen molar-refractivity contribution < 1.29 is 9.50 Å². The highest BCUT2D eigenvalue weighted by atomic mass is 79.9. The maximum absolute atomic E-state index is 13.0. The Morgan fingerprint density at radius 2 is 1.89 bits per heavy atom. The molecule has 0 bridgehead atoms. The molecular formula is C14H12BrFOS. The van der Waals surface area contributed by atoms with Crippen LogP contribution in [0.4, 0.5) is 4.39 Å². The molecule has 1 atom stereocenters. The van der Waals surface area contributed by atoms with E-state index in [0.29, 0.717) is 11.3 Å². The molecule has 0 radical (unpaired) electrons. The second-order valence-electron chi connectivity index (χ2n) is 3.84. The Balaban J connectivity index is 1.96. The molecule has 94 valence electrons. The van der Waals surface area contributed by atoms with Gasteiger partial charge in [0.1, 0.15) is 5.82 Å². The van der Waals surface area contributed by atoms with Crippen LogP contribution in [0.15, 0.2) is 57.9 Å². The third-order valence-corrected chi connectivity index (χ3v) is 4.07. The molecule has 0 fully saturated rings. The molecule has 0 aromatic heterocycles. The molecule has 2 aromatic carbocycles. The lowest BCUT2D eigenvalue weighted by Crippen LogP contribution is -2.00. The van der Waals surface area contributed by atoms with Gasteiger partial charge in [0.2, 0.25) is 0 Å². The Morgan fingerprint density at radius 1 is 1.17 bits per heavy atom. The van der Waals surface area contributed by atoms with Crippen molar-refractivity contribution in [2.24, 2.45) is 0 Å². The summed E-state index contributed by atoms with van der Waals surface area (Å²) in [6.07, 6.45) is -0.658. The molecule has 2 rings (SSSR count). The first kappa shape index (κ1) is 13.6. The SMILES string of the molecule is OC(CSc1ccc(Br)cc1)c1cccc(F)c1. The maximum atomic E-state index is 13.0. The van der Waals surface area contributed by atoms with Crippen molar-refractivity contribution in [1.29, 1.82) is 0 Å². The highest BCUT2D eigenvalue weighted by Crippen LogP contribution is 2.26. The van der Waals surface area contributed by atoms with Gasteiger partial charge < -0.3 is 5.11 Å². The molecule has 1 nitrogen and oxygen atoms in total. The van der Waals surface area contributed by atoms with E-state index in [0.717, 1.165) is 9.37 Å². The second kappa shape index (κ2) is 6.36. The van der Waals surface area contributed by atoms with Crippen LogP contribution in [0.3, 0.4) is 0 Å². The molecule has 0 heterocycles. The van der Waals surface area contributed by atoms with E-state index in [4.69, 9.17) is 0 Å². The third-order valence-electron chi connectivity index (χ3n) is 2.45. The van der Waals surface area contributed by atoms with Gasteiger partial charge in [0.25, 0.3) is 0 Å². The Morgan fingerprint density at radius 3 is 2.56 bits per heavy atom. The lowest BCUT2D eigenvalue weighted by Gasteiger charge is -2.10. The molecule has 4 heteroatoms. The Kier molecular flexibility index (Phi) is 4.80. The number of thioether (sulfide) groups is 1. The lowest BCUT2D eigenvalue weighted by atomic mass is 10.1. The zero-order valence-electron chi connectivity index (χ0n) is 9.51. The van der Waals surface area contributed by atoms with Gasteiger partial charge in [-0.05, 0) is 42.0 Å². The molecule has 18 heavy (non-hydrogen) atoms. The summed E-state index contributed by atoms with van der Waals surface area (Å²) in [7, 11) is 0. The van der Waals surface area contributed by atoms with Crippen LogP contribution in [0.2, 0.25) is 0 Å². The van der Waals surface area contributed by atoms with Crippen LogP contribution in [0.1, 0.15) is 11.7 Å². The number of halogens is 2. The Labute approximate surface area is 118 Å². The quantitative estimate of drug-likeness (QED) is 0.839. The molecular weight excluding hydrogens is 315 g/mol. The zero-order chi connectivity index (χ0) is 13.0. The van der Waals surface area contributed by atoms with Crippen molar-refractivity contribution >= 4 is 27.7 Å². The molecule has 1 unspecified atom stereocenters. The normalized spacial score (nSPS) is 12.4. The van der Waals surface area contributed by atoms with Crippen molar-refractivity contribution in [3.05, 3.63) is 64.4 Å². The van der Waals surface area contributed by atoms with Crippen molar-refractivity contribution in [2.75, 3.05) is 5.75 Å². The summed E-state index contributed by atoms with van der Waals surface area (Å²) in [6, 6.07) is 14.0. The van der Waals surface area contributed by atoms with Crippen molar-refractivity contribution in [2.45, 2.75) is 11.0 Å². The van der Waals surface area contributed by atoms with Crippen molar-refractivity contribution in [3.8, 4) is 0 Å². The zero-order valence-corrected chi connectivity index (χ0v) is 11.9. The maximum Gasteiger partial charge on any atom is 0.123 e. The standard InChI is InChI=1S/C14H12BrFOS/c15-11-4-6-13(7-5-11)18-9-14(17)10-2-1-3-12(16)8-10/h1-8,14,17H,9H2. The van der Waals surface area contributed by atoms with Crippen LogP contribution in [-0.2, 0) is 0 Å². The molecule has 0 aliphatic heterocycles. The fraction of sp³-hybridized carbons (Fsp3) is 0.143. The van der Waals surface area contributed by atoms with Gasteiger partial charge in [0.15, 0.2) is 0 Å². The summed E-state index contributed by atoms with van der Waals surface area (Å²) in [5.74, 6) is 0.186. The largest absolute Gasteiger partial charge is 0.388 e. The molecule has 0 saturated heterocycles. The fourth-order valence-electron chi connectivity index (χ4n) is 1.52. The number of aliphatic hydroxyl groups excluding tert-OH is 1. The predicted molar refractivity (Wildman–Crippen MR) is 76.2 cm³/mol. The van der Waals surface area contributed by atoms with E-state index < -0.39 is 6.10 Å². The summed E-state index contributed by atoms with van der Waals surface area (Å²) >= 11 is 4.91. The van der Waals surface area contributed by atoms with Gasteiger partial charge >= 0.3 is 0 Å². The van der Waals surface area contributed by atoms with E-state index in [2.05, 4.69) is 15.9 Å². The molecule has 0 amide bonds. The minimum absolute atomic E-state index is 0.319. The van der Waals surface area contributed by atoms with E-state index in [-0.39, 0.29) is 5.82 Å². The first-order chi connectivity index (χ1) is 8.65. The highest BCUT2D eigenvalue weighted by molar-refractivity contribution is 9.10. The van der Waals surface area contributed by atoms with Crippen LogP contribution in [0, 0.1) is 5.82 Å². The number of hydrogen-bond donors (Lipinski definition) is 1. The predicted octanol–water partition coefficient (Wildman–Crippen LogP) is 4.41. The van der Waals surface area contributed by atoms with E-state index in [1.165, 1.54) is 12.1 Å². The van der Waals surface area contributed by atoms with Gasteiger partial charge in [-0.2, -0.15) is 0 Å². The topological polar surface area (TPSA) is 20.2 Å². The van der Waals surface area contributed by atoms with Crippen molar-refractivity contribution in [3.63, 3.8) is 0 Å². The number of rotatable bonds is 4.